The Bertz CT molecular complexity index is 1000. The maximum absolute atomic E-state index is 9.38. The van der Waals surface area contributed by atoms with E-state index in [0.29, 0.717) is 5.92 Å². The van der Waals surface area contributed by atoms with Gasteiger partial charge in [-0.2, -0.15) is 0 Å². The molecule has 3 aromatic rings. The number of imidazole rings is 1. The Labute approximate surface area is 159 Å². The van der Waals surface area contributed by atoms with Crippen molar-refractivity contribution in [2.75, 3.05) is 6.61 Å². The molecular weight excluding hydrogens is 334 g/mol. The van der Waals surface area contributed by atoms with E-state index in [4.69, 9.17) is 4.98 Å². The molecule has 0 fully saturated rings. The molecule has 2 aromatic heterocycles. The SMILES string of the molecule is Cc1cc(C)nc(C#Cc2ccc(-c3cn4c(n3)CCC(CO)C4)cc2)c1. The van der Waals surface area contributed by atoms with Crippen molar-refractivity contribution >= 4 is 0 Å². The zero-order chi connectivity index (χ0) is 18.8. The van der Waals surface area contributed by atoms with E-state index in [1.807, 2.05) is 31.2 Å². The third kappa shape index (κ3) is 3.94. The minimum absolute atomic E-state index is 0.246. The number of hydrogen-bond acceptors (Lipinski definition) is 3. The third-order valence-corrected chi connectivity index (χ3v) is 4.96. The number of benzene rings is 1. The summed E-state index contributed by atoms with van der Waals surface area (Å²) in [6, 6.07) is 12.2. The van der Waals surface area contributed by atoms with Crippen molar-refractivity contribution in [3.63, 3.8) is 0 Å². The van der Waals surface area contributed by atoms with Gasteiger partial charge in [-0.1, -0.05) is 18.1 Å². The number of aryl methyl sites for hydroxylation is 3. The lowest BCUT2D eigenvalue weighted by atomic mass is 10.0. The highest BCUT2D eigenvalue weighted by atomic mass is 16.3. The van der Waals surface area contributed by atoms with Crippen LogP contribution in [0.2, 0.25) is 0 Å². The molecule has 4 nitrogen and oxygen atoms in total. The number of hydrogen-bond donors (Lipinski definition) is 1. The van der Waals surface area contributed by atoms with Crippen LogP contribution in [-0.4, -0.2) is 26.2 Å². The highest BCUT2D eigenvalue weighted by molar-refractivity contribution is 5.60. The summed E-state index contributed by atoms with van der Waals surface area (Å²) in [6.07, 6.45) is 4.03. The van der Waals surface area contributed by atoms with Crippen LogP contribution in [0.4, 0.5) is 0 Å². The molecule has 4 rings (SSSR count). The first-order valence-electron chi connectivity index (χ1n) is 9.35. The van der Waals surface area contributed by atoms with Gasteiger partial charge in [-0.25, -0.2) is 9.97 Å². The standard InChI is InChI=1S/C23H23N3O/c1-16-11-17(2)24-21(12-16)9-5-18-3-7-20(8-4-18)22-14-26-13-19(15-27)6-10-23(26)25-22/h3-4,7-8,11-12,14,19,27H,6,10,13,15H2,1-2H3. The Balaban J connectivity index is 1.53. The molecule has 0 bridgehead atoms. The van der Waals surface area contributed by atoms with Gasteiger partial charge in [0.1, 0.15) is 11.5 Å². The second-order valence-corrected chi connectivity index (χ2v) is 7.28. The average molecular weight is 357 g/mol. The molecule has 1 aromatic carbocycles. The molecule has 3 heterocycles. The molecule has 136 valence electrons. The second kappa shape index (κ2) is 7.38. The lowest BCUT2D eigenvalue weighted by Crippen LogP contribution is -2.22. The number of nitrogens with zero attached hydrogens (tertiary/aromatic N) is 3. The van der Waals surface area contributed by atoms with Crippen molar-refractivity contribution in [2.24, 2.45) is 5.92 Å². The normalized spacial score (nSPS) is 15.7. The number of aliphatic hydroxyl groups excluding tert-OH is 1. The van der Waals surface area contributed by atoms with Crippen molar-refractivity contribution in [3.05, 3.63) is 70.9 Å². The lowest BCUT2D eigenvalue weighted by Gasteiger charge is -2.21. The molecule has 27 heavy (non-hydrogen) atoms. The van der Waals surface area contributed by atoms with Crippen LogP contribution in [-0.2, 0) is 13.0 Å². The van der Waals surface area contributed by atoms with Gasteiger partial charge in [0.05, 0.1) is 5.69 Å². The quantitative estimate of drug-likeness (QED) is 0.714. The molecule has 0 spiro atoms. The molecular formula is C23H23N3O. The van der Waals surface area contributed by atoms with E-state index in [0.717, 1.165) is 53.4 Å². The van der Waals surface area contributed by atoms with E-state index in [-0.39, 0.29) is 6.61 Å². The van der Waals surface area contributed by atoms with Crippen LogP contribution in [0, 0.1) is 31.6 Å². The fraction of sp³-hybridized carbons (Fsp3) is 0.304. The minimum atomic E-state index is 0.246. The first kappa shape index (κ1) is 17.5. The van der Waals surface area contributed by atoms with Gasteiger partial charge in [0, 0.05) is 48.5 Å². The fourth-order valence-electron chi connectivity index (χ4n) is 3.57. The van der Waals surface area contributed by atoms with Gasteiger partial charge in [-0.15, -0.1) is 0 Å². The summed E-state index contributed by atoms with van der Waals surface area (Å²) in [7, 11) is 0. The molecule has 0 saturated carbocycles. The van der Waals surface area contributed by atoms with Crippen LogP contribution >= 0.6 is 0 Å². The maximum Gasteiger partial charge on any atom is 0.114 e. The molecule has 0 radical (unpaired) electrons. The van der Waals surface area contributed by atoms with Gasteiger partial charge < -0.3 is 9.67 Å². The fourth-order valence-corrected chi connectivity index (χ4v) is 3.57. The van der Waals surface area contributed by atoms with E-state index in [1.165, 1.54) is 5.56 Å². The highest BCUT2D eigenvalue weighted by Gasteiger charge is 2.20. The van der Waals surface area contributed by atoms with Crippen molar-refractivity contribution in [2.45, 2.75) is 33.2 Å². The summed E-state index contributed by atoms with van der Waals surface area (Å²) in [5.41, 5.74) is 6.00. The molecule has 1 unspecified atom stereocenters. The lowest BCUT2D eigenvalue weighted by molar-refractivity contribution is 0.190. The van der Waals surface area contributed by atoms with Crippen LogP contribution in [0.1, 0.15) is 34.8 Å². The summed E-state index contributed by atoms with van der Waals surface area (Å²) in [5, 5.41) is 9.38. The van der Waals surface area contributed by atoms with Crippen molar-refractivity contribution in [1.82, 2.24) is 14.5 Å². The first-order valence-corrected chi connectivity index (χ1v) is 9.35. The predicted octanol–water partition coefficient (Wildman–Crippen LogP) is 3.52. The monoisotopic (exact) mass is 357 g/mol. The van der Waals surface area contributed by atoms with Crippen LogP contribution < -0.4 is 0 Å². The number of rotatable bonds is 2. The number of aliphatic hydroxyl groups is 1. The molecule has 0 saturated heterocycles. The largest absolute Gasteiger partial charge is 0.396 e. The van der Waals surface area contributed by atoms with Gasteiger partial charge >= 0.3 is 0 Å². The topological polar surface area (TPSA) is 50.9 Å². The van der Waals surface area contributed by atoms with Gasteiger partial charge in [0.15, 0.2) is 0 Å². The Kier molecular flexibility index (Phi) is 4.79. The van der Waals surface area contributed by atoms with Gasteiger partial charge in [-0.3, -0.25) is 0 Å². The molecule has 1 atom stereocenters. The first-order chi connectivity index (χ1) is 13.1. The van der Waals surface area contributed by atoms with Crippen LogP contribution in [0.5, 0.6) is 0 Å². The zero-order valence-electron chi connectivity index (χ0n) is 15.7. The van der Waals surface area contributed by atoms with Crippen molar-refractivity contribution < 1.29 is 5.11 Å². The van der Waals surface area contributed by atoms with Crippen LogP contribution in [0.15, 0.2) is 42.6 Å². The van der Waals surface area contributed by atoms with Crippen molar-refractivity contribution in [1.29, 1.82) is 0 Å². The average Bonchev–Trinajstić information content (AvgIpc) is 3.09. The third-order valence-electron chi connectivity index (χ3n) is 4.96. The number of fused-ring (bicyclic) bond motifs is 1. The smallest absolute Gasteiger partial charge is 0.114 e. The zero-order valence-corrected chi connectivity index (χ0v) is 15.7. The van der Waals surface area contributed by atoms with Crippen LogP contribution in [0.25, 0.3) is 11.3 Å². The van der Waals surface area contributed by atoms with E-state index in [1.54, 1.807) is 0 Å². The van der Waals surface area contributed by atoms with E-state index >= 15 is 0 Å². The van der Waals surface area contributed by atoms with Gasteiger partial charge in [0.25, 0.3) is 0 Å². The summed E-state index contributed by atoms with van der Waals surface area (Å²) >= 11 is 0. The van der Waals surface area contributed by atoms with E-state index < -0.39 is 0 Å². The van der Waals surface area contributed by atoms with Gasteiger partial charge in [0.2, 0.25) is 0 Å². The summed E-state index contributed by atoms with van der Waals surface area (Å²) < 4.78 is 2.18. The van der Waals surface area contributed by atoms with E-state index in [9.17, 15) is 5.11 Å². The summed E-state index contributed by atoms with van der Waals surface area (Å²) in [6.45, 7) is 5.14. The predicted molar refractivity (Wildman–Crippen MR) is 106 cm³/mol. The summed E-state index contributed by atoms with van der Waals surface area (Å²) in [4.78, 5) is 9.23. The van der Waals surface area contributed by atoms with E-state index in [2.05, 4.69) is 46.6 Å². The number of aromatic nitrogens is 3. The number of pyridine rings is 1. The maximum atomic E-state index is 9.38. The Morgan fingerprint density at radius 2 is 1.93 bits per heavy atom. The second-order valence-electron chi connectivity index (χ2n) is 7.28. The Morgan fingerprint density at radius 1 is 1.11 bits per heavy atom. The molecule has 1 aliphatic rings. The van der Waals surface area contributed by atoms with Gasteiger partial charge in [-0.05, 0) is 56.0 Å². The molecule has 4 heteroatoms. The highest BCUT2D eigenvalue weighted by Crippen LogP contribution is 2.25. The minimum Gasteiger partial charge on any atom is -0.396 e. The molecule has 1 N–H and O–H groups in total. The summed E-state index contributed by atoms with van der Waals surface area (Å²) in [5.74, 6) is 7.79. The Morgan fingerprint density at radius 3 is 2.67 bits per heavy atom. The molecule has 0 aliphatic carbocycles. The molecule has 0 amide bonds. The molecule has 1 aliphatic heterocycles. The van der Waals surface area contributed by atoms with Crippen LogP contribution in [0.3, 0.4) is 0 Å². The van der Waals surface area contributed by atoms with Crippen molar-refractivity contribution in [3.8, 4) is 23.1 Å². The Hall–Kier alpha value is -2.90.